The summed E-state index contributed by atoms with van der Waals surface area (Å²) < 4.78 is 2.82. The van der Waals surface area contributed by atoms with Crippen molar-refractivity contribution in [2.24, 2.45) is 0 Å². The third-order valence-electron chi connectivity index (χ3n) is 4.33. The SMILES string of the molecule is Cc1nc(C)c(-c2ccc(=O)n(CCNC(=O)c3cccc(-n4cnnn4)c3)n2)s1. The van der Waals surface area contributed by atoms with Crippen molar-refractivity contribution in [2.75, 3.05) is 6.54 Å². The Morgan fingerprint density at radius 1 is 1.20 bits per heavy atom. The van der Waals surface area contributed by atoms with Crippen LogP contribution in [-0.4, -0.2) is 47.4 Å². The fourth-order valence-corrected chi connectivity index (χ4v) is 3.83. The molecule has 0 aliphatic carbocycles. The molecule has 152 valence electrons. The predicted molar refractivity (Wildman–Crippen MR) is 111 cm³/mol. The standard InChI is InChI=1S/C19H18N8O2S/c1-12-18(30-13(2)22-12)16-6-7-17(28)26(23-16)9-8-20-19(29)14-4-3-5-15(10-14)27-11-21-24-25-27/h3-7,10-11H,8-9H2,1-2H3,(H,20,29). The highest BCUT2D eigenvalue weighted by Crippen LogP contribution is 2.27. The first kappa shape index (κ1) is 19.6. The summed E-state index contributed by atoms with van der Waals surface area (Å²) in [4.78, 5) is 30.0. The van der Waals surface area contributed by atoms with Gasteiger partial charge in [0.1, 0.15) is 12.0 Å². The van der Waals surface area contributed by atoms with E-state index in [2.05, 4.69) is 30.9 Å². The topological polar surface area (TPSA) is 120 Å². The van der Waals surface area contributed by atoms with Gasteiger partial charge in [-0.3, -0.25) is 9.59 Å². The van der Waals surface area contributed by atoms with Gasteiger partial charge in [-0.25, -0.2) is 14.3 Å². The minimum atomic E-state index is -0.261. The molecule has 1 N–H and O–H groups in total. The summed E-state index contributed by atoms with van der Waals surface area (Å²) in [5.41, 5.74) is 2.48. The van der Waals surface area contributed by atoms with Crippen molar-refractivity contribution in [2.45, 2.75) is 20.4 Å². The van der Waals surface area contributed by atoms with Crippen LogP contribution >= 0.6 is 11.3 Å². The van der Waals surface area contributed by atoms with E-state index in [0.717, 1.165) is 15.6 Å². The molecule has 1 amide bonds. The van der Waals surface area contributed by atoms with E-state index in [1.54, 1.807) is 30.3 Å². The molecule has 0 bridgehead atoms. The Kier molecular flexibility index (Phi) is 5.44. The third kappa shape index (κ3) is 4.15. The number of nitrogens with one attached hydrogen (secondary N) is 1. The lowest BCUT2D eigenvalue weighted by Crippen LogP contribution is -2.32. The number of carbonyl (C=O) groups is 1. The maximum atomic E-state index is 12.5. The van der Waals surface area contributed by atoms with Gasteiger partial charge < -0.3 is 5.32 Å². The molecule has 0 radical (unpaired) electrons. The van der Waals surface area contributed by atoms with Crippen molar-refractivity contribution in [3.8, 4) is 16.3 Å². The van der Waals surface area contributed by atoms with Crippen LogP contribution in [0.5, 0.6) is 0 Å². The van der Waals surface area contributed by atoms with Crippen molar-refractivity contribution in [1.82, 2.24) is 40.3 Å². The Morgan fingerprint density at radius 3 is 2.80 bits per heavy atom. The van der Waals surface area contributed by atoms with Crippen molar-refractivity contribution in [3.63, 3.8) is 0 Å². The van der Waals surface area contributed by atoms with E-state index in [9.17, 15) is 9.59 Å². The smallest absolute Gasteiger partial charge is 0.266 e. The van der Waals surface area contributed by atoms with Gasteiger partial charge in [0, 0.05) is 18.2 Å². The summed E-state index contributed by atoms with van der Waals surface area (Å²) in [6.45, 7) is 4.35. The van der Waals surface area contributed by atoms with Gasteiger partial charge in [0.05, 0.1) is 27.8 Å². The van der Waals surface area contributed by atoms with Crippen molar-refractivity contribution in [1.29, 1.82) is 0 Å². The van der Waals surface area contributed by atoms with Crippen LogP contribution in [0.2, 0.25) is 0 Å². The molecule has 3 heterocycles. The van der Waals surface area contributed by atoms with Gasteiger partial charge in [0.25, 0.3) is 11.5 Å². The number of tetrazole rings is 1. The number of hydrogen-bond acceptors (Lipinski definition) is 8. The summed E-state index contributed by atoms with van der Waals surface area (Å²) in [6, 6.07) is 10.1. The molecular weight excluding hydrogens is 404 g/mol. The van der Waals surface area contributed by atoms with Crippen molar-refractivity contribution >= 4 is 17.2 Å². The zero-order chi connectivity index (χ0) is 21.1. The molecule has 0 saturated heterocycles. The molecule has 0 unspecified atom stereocenters. The summed E-state index contributed by atoms with van der Waals surface area (Å²) >= 11 is 1.53. The predicted octanol–water partition coefficient (Wildman–Crippen LogP) is 1.39. The summed E-state index contributed by atoms with van der Waals surface area (Å²) in [7, 11) is 0. The zero-order valence-corrected chi connectivity index (χ0v) is 17.1. The Labute approximate surface area is 175 Å². The molecule has 0 aliphatic heterocycles. The summed E-state index contributed by atoms with van der Waals surface area (Å²) in [5.74, 6) is -0.261. The molecule has 0 atom stereocenters. The minimum absolute atomic E-state index is 0.229. The van der Waals surface area contributed by atoms with Crippen LogP contribution < -0.4 is 10.9 Å². The van der Waals surface area contributed by atoms with Gasteiger partial charge in [-0.1, -0.05) is 6.07 Å². The first-order chi connectivity index (χ1) is 14.5. The summed E-state index contributed by atoms with van der Waals surface area (Å²) in [6.07, 6.45) is 1.45. The Bertz CT molecular complexity index is 1250. The van der Waals surface area contributed by atoms with Crippen LogP contribution in [0.4, 0.5) is 0 Å². The van der Waals surface area contributed by atoms with Crippen LogP contribution in [0.25, 0.3) is 16.3 Å². The second-order valence-electron chi connectivity index (χ2n) is 6.49. The van der Waals surface area contributed by atoms with E-state index in [1.807, 2.05) is 13.8 Å². The Balaban J connectivity index is 1.44. The van der Waals surface area contributed by atoms with Crippen LogP contribution in [0.15, 0.2) is 47.5 Å². The molecule has 0 aliphatic rings. The number of hydrogen-bond donors (Lipinski definition) is 1. The van der Waals surface area contributed by atoms with Crippen molar-refractivity contribution in [3.05, 3.63) is 69.3 Å². The van der Waals surface area contributed by atoms with Crippen molar-refractivity contribution < 1.29 is 4.79 Å². The molecule has 0 saturated carbocycles. The molecule has 3 aromatic heterocycles. The highest BCUT2D eigenvalue weighted by Gasteiger charge is 2.11. The van der Waals surface area contributed by atoms with Crippen LogP contribution in [0.1, 0.15) is 21.1 Å². The lowest BCUT2D eigenvalue weighted by Gasteiger charge is -2.09. The van der Waals surface area contributed by atoms with E-state index >= 15 is 0 Å². The number of benzene rings is 1. The van der Waals surface area contributed by atoms with E-state index in [1.165, 1.54) is 33.1 Å². The second-order valence-corrected chi connectivity index (χ2v) is 7.69. The third-order valence-corrected chi connectivity index (χ3v) is 5.43. The van der Waals surface area contributed by atoms with Crippen LogP contribution in [-0.2, 0) is 6.54 Å². The highest BCUT2D eigenvalue weighted by atomic mass is 32.1. The number of aryl methyl sites for hydroxylation is 2. The quantitative estimate of drug-likeness (QED) is 0.498. The number of nitrogens with zero attached hydrogens (tertiary/aromatic N) is 7. The van der Waals surface area contributed by atoms with E-state index in [0.29, 0.717) is 16.9 Å². The number of rotatable bonds is 6. The molecule has 1 aromatic carbocycles. The molecule has 11 heteroatoms. The zero-order valence-electron chi connectivity index (χ0n) is 16.3. The maximum absolute atomic E-state index is 12.5. The average molecular weight is 422 g/mol. The second kappa shape index (κ2) is 8.33. The van der Waals surface area contributed by atoms with Gasteiger partial charge in [0.2, 0.25) is 0 Å². The van der Waals surface area contributed by atoms with Crippen LogP contribution in [0.3, 0.4) is 0 Å². The first-order valence-electron chi connectivity index (χ1n) is 9.15. The first-order valence-corrected chi connectivity index (χ1v) is 9.97. The largest absolute Gasteiger partial charge is 0.350 e. The Morgan fingerprint density at radius 2 is 2.07 bits per heavy atom. The van der Waals surface area contributed by atoms with E-state index in [-0.39, 0.29) is 24.6 Å². The maximum Gasteiger partial charge on any atom is 0.266 e. The number of aromatic nitrogens is 7. The fourth-order valence-electron chi connectivity index (χ4n) is 2.95. The van der Waals surface area contributed by atoms with Gasteiger partial charge in [0.15, 0.2) is 0 Å². The monoisotopic (exact) mass is 422 g/mol. The lowest BCUT2D eigenvalue weighted by atomic mass is 10.2. The molecule has 10 nitrogen and oxygen atoms in total. The normalized spacial score (nSPS) is 10.9. The number of amides is 1. The van der Waals surface area contributed by atoms with Crippen LogP contribution in [0, 0.1) is 13.8 Å². The molecule has 4 rings (SSSR count). The highest BCUT2D eigenvalue weighted by molar-refractivity contribution is 7.15. The molecule has 30 heavy (non-hydrogen) atoms. The van der Waals surface area contributed by atoms with E-state index < -0.39 is 0 Å². The average Bonchev–Trinajstić information content (AvgIpc) is 3.39. The summed E-state index contributed by atoms with van der Waals surface area (Å²) in [5, 5.41) is 19.2. The van der Waals surface area contributed by atoms with Gasteiger partial charge in [-0.2, -0.15) is 5.10 Å². The minimum Gasteiger partial charge on any atom is -0.350 e. The van der Waals surface area contributed by atoms with E-state index in [4.69, 9.17) is 0 Å². The number of carbonyl (C=O) groups excluding carboxylic acids is 1. The molecule has 0 fully saturated rings. The van der Waals surface area contributed by atoms with Gasteiger partial charge in [-0.15, -0.1) is 16.4 Å². The number of thiazole rings is 1. The van der Waals surface area contributed by atoms with Gasteiger partial charge in [-0.05, 0) is 48.5 Å². The molecular formula is C19H18N8O2S. The fraction of sp³-hybridized carbons (Fsp3) is 0.211. The molecule has 4 aromatic rings. The lowest BCUT2D eigenvalue weighted by molar-refractivity contribution is 0.0951. The Hall–Kier alpha value is -3.73. The molecule has 0 spiro atoms. The van der Waals surface area contributed by atoms with Gasteiger partial charge >= 0.3 is 0 Å².